The molecule has 0 saturated heterocycles. The predicted octanol–water partition coefficient (Wildman–Crippen LogP) is 2.79. The largest absolute Gasteiger partial charge is 0.394 e. The molecule has 0 heterocycles. The maximum absolute atomic E-state index is 9.62. The highest BCUT2D eigenvalue weighted by molar-refractivity contribution is 7.99. The van der Waals surface area contributed by atoms with Crippen LogP contribution < -0.4 is 5.32 Å². The van der Waals surface area contributed by atoms with Crippen molar-refractivity contribution in [3.63, 3.8) is 0 Å². The average Bonchev–Trinajstić information content (AvgIpc) is 3.16. The van der Waals surface area contributed by atoms with E-state index in [4.69, 9.17) is 11.6 Å². The van der Waals surface area contributed by atoms with Crippen LogP contribution in [0.15, 0.2) is 29.2 Å². The van der Waals surface area contributed by atoms with E-state index in [9.17, 15) is 5.11 Å². The summed E-state index contributed by atoms with van der Waals surface area (Å²) in [6.45, 7) is 0.196. The number of thioether (sulfide) groups is 1. The SMILES string of the molecule is CNC(CO)(CSc1cccc(Cl)c1)C1CC1. The summed E-state index contributed by atoms with van der Waals surface area (Å²) in [6, 6.07) is 7.86. The molecule has 0 aromatic heterocycles. The number of hydrogen-bond acceptors (Lipinski definition) is 3. The maximum atomic E-state index is 9.62. The first-order chi connectivity index (χ1) is 8.20. The number of benzene rings is 1. The zero-order valence-electron chi connectivity index (χ0n) is 9.95. The molecule has 0 bridgehead atoms. The molecule has 1 aromatic carbocycles. The van der Waals surface area contributed by atoms with Gasteiger partial charge in [0.15, 0.2) is 0 Å². The van der Waals surface area contributed by atoms with Gasteiger partial charge in [0.1, 0.15) is 0 Å². The number of halogens is 1. The second-order valence-corrected chi connectivity index (χ2v) is 6.07. The van der Waals surface area contributed by atoms with E-state index < -0.39 is 0 Å². The second-order valence-electron chi connectivity index (χ2n) is 4.58. The third-order valence-corrected chi connectivity index (χ3v) is 4.91. The van der Waals surface area contributed by atoms with Crippen molar-refractivity contribution in [2.24, 2.45) is 5.92 Å². The first-order valence-electron chi connectivity index (χ1n) is 5.88. The Morgan fingerprint density at radius 1 is 1.53 bits per heavy atom. The Hall–Kier alpha value is -0.220. The smallest absolute Gasteiger partial charge is 0.0624 e. The van der Waals surface area contributed by atoms with E-state index in [1.54, 1.807) is 11.8 Å². The molecule has 2 rings (SSSR count). The van der Waals surface area contributed by atoms with Gasteiger partial charge >= 0.3 is 0 Å². The van der Waals surface area contributed by atoms with Gasteiger partial charge in [-0.05, 0) is 44.0 Å². The lowest BCUT2D eigenvalue weighted by atomic mass is 9.97. The van der Waals surface area contributed by atoms with E-state index in [0.29, 0.717) is 5.92 Å². The van der Waals surface area contributed by atoms with E-state index in [2.05, 4.69) is 11.4 Å². The molecule has 0 spiro atoms. The van der Waals surface area contributed by atoms with Crippen molar-refractivity contribution in [2.75, 3.05) is 19.4 Å². The maximum Gasteiger partial charge on any atom is 0.0624 e. The molecule has 2 nitrogen and oxygen atoms in total. The molecule has 0 amide bonds. The number of rotatable bonds is 6. The number of hydrogen-bond donors (Lipinski definition) is 2. The number of nitrogens with one attached hydrogen (secondary N) is 1. The van der Waals surface area contributed by atoms with Gasteiger partial charge in [-0.2, -0.15) is 0 Å². The molecule has 2 N–H and O–H groups in total. The van der Waals surface area contributed by atoms with Gasteiger partial charge in [0.2, 0.25) is 0 Å². The Bertz CT molecular complexity index is 377. The van der Waals surface area contributed by atoms with E-state index in [-0.39, 0.29) is 12.1 Å². The number of likely N-dealkylation sites (N-methyl/N-ethyl adjacent to an activating group) is 1. The van der Waals surface area contributed by atoms with Crippen LogP contribution in [0.3, 0.4) is 0 Å². The summed E-state index contributed by atoms with van der Waals surface area (Å²) in [6.07, 6.45) is 2.44. The van der Waals surface area contributed by atoms with Crippen molar-refractivity contribution < 1.29 is 5.11 Å². The van der Waals surface area contributed by atoms with E-state index in [1.165, 1.54) is 12.8 Å². The fraction of sp³-hybridized carbons (Fsp3) is 0.538. The van der Waals surface area contributed by atoms with Crippen molar-refractivity contribution >= 4 is 23.4 Å². The Morgan fingerprint density at radius 3 is 2.82 bits per heavy atom. The summed E-state index contributed by atoms with van der Waals surface area (Å²) in [4.78, 5) is 1.16. The van der Waals surface area contributed by atoms with Crippen molar-refractivity contribution in [3.8, 4) is 0 Å². The molecule has 1 aliphatic carbocycles. The Balaban J connectivity index is 2.00. The van der Waals surface area contributed by atoms with E-state index in [1.807, 2.05) is 25.2 Å². The van der Waals surface area contributed by atoms with Crippen LogP contribution in [-0.4, -0.2) is 30.1 Å². The molecule has 0 aliphatic heterocycles. The van der Waals surface area contributed by atoms with Crippen molar-refractivity contribution in [3.05, 3.63) is 29.3 Å². The van der Waals surface area contributed by atoms with Crippen LogP contribution in [0.2, 0.25) is 5.02 Å². The Labute approximate surface area is 112 Å². The highest BCUT2D eigenvalue weighted by Crippen LogP contribution is 2.42. The quantitative estimate of drug-likeness (QED) is 0.781. The molecule has 94 valence electrons. The lowest BCUT2D eigenvalue weighted by molar-refractivity contribution is 0.167. The van der Waals surface area contributed by atoms with Crippen LogP contribution >= 0.6 is 23.4 Å². The normalized spacial score (nSPS) is 19.0. The van der Waals surface area contributed by atoms with Gasteiger partial charge in [0.05, 0.1) is 12.1 Å². The minimum atomic E-state index is -0.132. The van der Waals surface area contributed by atoms with Crippen LogP contribution in [0.5, 0.6) is 0 Å². The predicted molar refractivity (Wildman–Crippen MR) is 73.8 cm³/mol. The highest BCUT2D eigenvalue weighted by atomic mass is 35.5. The minimum absolute atomic E-state index is 0.132. The van der Waals surface area contributed by atoms with Gasteiger partial charge in [-0.1, -0.05) is 17.7 Å². The monoisotopic (exact) mass is 271 g/mol. The molecule has 1 saturated carbocycles. The van der Waals surface area contributed by atoms with Gasteiger partial charge in [-0.25, -0.2) is 0 Å². The summed E-state index contributed by atoms with van der Waals surface area (Å²) in [7, 11) is 1.94. The molecule has 17 heavy (non-hydrogen) atoms. The van der Waals surface area contributed by atoms with Gasteiger partial charge in [0, 0.05) is 15.7 Å². The van der Waals surface area contributed by atoms with Crippen LogP contribution in [0.4, 0.5) is 0 Å². The van der Waals surface area contributed by atoms with Gasteiger partial charge in [0.25, 0.3) is 0 Å². The molecule has 1 aromatic rings. The minimum Gasteiger partial charge on any atom is -0.394 e. The summed E-state index contributed by atoms with van der Waals surface area (Å²) in [5.41, 5.74) is -0.132. The molecular weight excluding hydrogens is 254 g/mol. The van der Waals surface area contributed by atoms with E-state index in [0.717, 1.165) is 15.7 Å². The fourth-order valence-corrected chi connectivity index (χ4v) is 3.59. The fourth-order valence-electron chi connectivity index (χ4n) is 2.05. The average molecular weight is 272 g/mol. The summed E-state index contributed by atoms with van der Waals surface area (Å²) in [5, 5.41) is 13.7. The number of aliphatic hydroxyl groups is 1. The molecule has 1 atom stereocenters. The Morgan fingerprint density at radius 2 is 2.29 bits per heavy atom. The second kappa shape index (κ2) is 5.61. The summed E-state index contributed by atoms with van der Waals surface area (Å²) >= 11 is 7.71. The molecular formula is C13H18ClNOS. The summed E-state index contributed by atoms with van der Waals surface area (Å²) < 4.78 is 0. The topological polar surface area (TPSA) is 32.3 Å². The summed E-state index contributed by atoms with van der Waals surface area (Å²) in [5.74, 6) is 1.49. The lowest BCUT2D eigenvalue weighted by Gasteiger charge is -2.31. The molecule has 1 unspecified atom stereocenters. The van der Waals surface area contributed by atoms with Crippen molar-refractivity contribution in [2.45, 2.75) is 23.3 Å². The molecule has 0 radical (unpaired) electrons. The zero-order chi connectivity index (χ0) is 12.3. The third kappa shape index (κ3) is 3.16. The van der Waals surface area contributed by atoms with Crippen LogP contribution in [0, 0.1) is 5.92 Å². The van der Waals surface area contributed by atoms with Crippen LogP contribution in [0.25, 0.3) is 0 Å². The standard InChI is InChI=1S/C13H18ClNOS/c1-15-13(8-16,10-5-6-10)9-17-12-4-2-3-11(14)7-12/h2-4,7,10,15-16H,5-6,8-9H2,1H3. The molecule has 4 heteroatoms. The first-order valence-corrected chi connectivity index (χ1v) is 7.25. The zero-order valence-corrected chi connectivity index (χ0v) is 11.5. The van der Waals surface area contributed by atoms with Crippen LogP contribution in [0.1, 0.15) is 12.8 Å². The highest BCUT2D eigenvalue weighted by Gasteiger charge is 2.43. The first kappa shape index (κ1) is 13.2. The Kier molecular flexibility index (Phi) is 4.36. The molecule has 1 fully saturated rings. The molecule has 1 aliphatic rings. The van der Waals surface area contributed by atoms with Crippen molar-refractivity contribution in [1.82, 2.24) is 5.32 Å². The third-order valence-electron chi connectivity index (χ3n) is 3.43. The lowest BCUT2D eigenvalue weighted by Crippen LogP contribution is -2.51. The van der Waals surface area contributed by atoms with Crippen molar-refractivity contribution in [1.29, 1.82) is 0 Å². The number of aliphatic hydroxyl groups excluding tert-OH is 1. The van der Waals surface area contributed by atoms with Gasteiger partial charge in [-0.3, -0.25) is 0 Å². The van der Waals surface area contributed by atoms with E-state index >= 15 is 0 Å². The van der Waals surface area contributed by atoms with Gasteiger partial charge in [-0.15, -0.1) is 11.8 Å². The van der Waals surface area contributed by atoms with Crippen LogP contribution in [-0.2, 0) is 0 Å². The van der Waals surface area contributed by atoms with Gasteiger partial charge < -0.3 is 10.4 Å².